The van der Waals surface area contributed by atoms with E-state index in [-0.39, 0.29) is 5.75 Å². The molecule has 0 bridgehead atoms. The highest BCUT2D eigenvalue weighted by Crippen LogP contribution is 2.13. The Morgan fingerprint density at radius 3 is 2.71 bits per heavy atom. The van der Waals surface area contributed by atoms with E-state index in [1.807, 2.05) is 6.92 Å². The lowest BCUT2D eigenvalue weighted by Gasteiger charge is -2.08. The third-order valence-corrected chi connectivity index (χ3v) is 4.61. The number of benzene rings is 1. The number of para-hydroxylation sites is 1. The van der Waals surface area contributed by atoms with Crippen molar-refractivity contribution in [3.05, 3.63) is 47.3 Å². The van der Waals surface area contributed by atoms with Crippen molar-refractivity contribution >= 4 is 15.7 Å². The first-order chi connectivity index (χ1) is 9.98. The zero-order chi connectivity index (χ0) is 15.3. The highest BCUT2D eigenvalue weighted by Gasteiger charge is 2.12. The molecule has 21 heavy (non-hydrogen) atoms. The van der Waals surface area contributed by atoms with E-state index >= 15 is 0 Å². The molecule has 0 amide bonds. The van der Waals surface area contributed by atoms with Crippen LogP contribution in [0.3, 0.4) is 0 Å². The maximum absolute atomic E-state index is 12.0. The van der Waals surface area contributed by atoms with Crippen LogP contribution in [0.15, 0.2) is 30.5 Å². The fourth-order valence-electron chi connectivity index (χ4n) is 2.06. The summed E-state index contributed by atoms with van der Waals surface area (Å²) >= 11 is 0. The zero-order valence-corrected chi connectivity index (χ0v) is 12.8. The molecule has 0 fully saturated rings. The SMILES string of the molecule is Cc1[nH]ncc1CCCNS(=O)(=O)Cc1ccccc1N. The maximum Gasteiger partial charge on any atom is 0.215 e. The summed E-state index contributed by atoms with van der Waals surface area (Å²) in [7, 11) is -3.36. The second-order valence-corrected chi connectivity index (χ2v) is 6.78. The van der Waals surface area contributed by atoms with Gasteiger partial charge in [-0.1, -0.05) is 18.2 Å². The average Bonchev–Trinajstić information content (AvgIpc) is 2.83. The van der Waals surface area contributed by atoms with Gasteiger partial charge in [-0.2, -0.15) is 5.10 Å². The van der Waals surface area contributed by atoms with Gasteiger partial charge in [0.05, 0.1) is 11.9 Å². The number of nitrogens with one attached hydrogen (secondary N) is 2. The van der Waals surface area contributed by atoms with Crippen molar-refractivity contribution in [2.45, 2.75) is 25.5 Å². The van der Waals surface area contributed by atoms with Crippen molar-refractivity contribution in [3.8, 4) is 0 Å². The fraction of sp³-hybridized carbons (Fsp3) is 0.357. The van der Waals surface area contributed by atoms with Gasteiger partial charge in [0.15, 0.2) is 0 Å². The normalized spacial score (nSPS) is 11.7. The summed E-state index contributed by atoms with van der Waals surface area (Å²) in [6.07, 6.45) is 3.29. The van der Waals surface area contributed by atoms with Crippen LogP contribution < -0.4 is 10.5 Å². The molecule has 1 aromatic carbocycles. The van der Waals surface area contributed by atoms with Crippen molar-refractivity contribution in [2.75, 3.05) is 12.3 Å². The largest absolute Gasteiger partial charge is 0.398 e. The van der Waals surface area contributed by atoms with Crippen LogP contribution in [-0.2, 0) is 22.2 Å². The summed E-state index contributed by atoms with van der Waals surface area (Å²) in [5, 5.41) is 6.80. The number of nitrogens with zero attached hydrogens (tertiary/aromatic N) is 1. The Morgan fingerprint density at radius 2 is 2.05 bits per heavy atom. The van der Waals surface area contributed by atoms with Crippen LogP contribution in [0.2, 0.25) is 0 Å². The Labute approximate surface area is 124 Å². The molecule has 1 aromatic heterocycles. The minimum atomic E-state index is -3.36. The number of aromatic nitrogens is 2. The van der Waals surface area contributed by atoms with E-state index < -0.39 is 10.0 Å². The van der Waals surface area contributed by atoms with Crippen molar-refractivity contribution in [1.82, 2.24) is 14.9 Å². The number of H-pyrrole nitrogens is 1. The van der Waals surface area contributed by atoms with E-state index in [0.717, 1.165) is 24.1 Å². The molecule has 0 aliphatic rings. The minimum Gasteiger partial charge on any atom is -0.398 e. The Morgan fingerprint density at radius 1 is 1.29 bits per heavy atom. The van der Waals surface area contributed by atoms with Crippen LogP contribution in [-0.4, -0.2) is 25.2 Å². The van der Waals surface area contributed by atoms with Gasteiger partial charge >= 0.3 is 0 Å². The van der Waals surface area contributed by atoms with Crippen molar-refractivity contribution in [1.29, 1.82) is 0 Å². The van der Waals surface area contributed by atoms with Gasteiger partial charge in [0.1, 0.15) is 0 Å². The van der Waals surface area contributed by atoms with E-state index in [2.05, 4.69) is 14.9 Å². The number of hydrogen-bond donors (Lipinski definition) is 3. The van der Waals surface area contributed by atoms with Crippen LogP contribution >= 0.6 is 0 Å². The number of hydrogen-bond acceptors (Lipinski definition) is 4. The molecule has 0 radical (unpaired) electrons. The molecule has 0 saturated carbocycles. The predicted molar refractivity (Wildman–Crippen MR) is 83.1 cm³/mol. The first-order valence-corrected chi connectivity index (χ1v) is 8.43. The lowest BCUT2D eigenvalue weighted by Crippen LogP contribution is -2.26. The summed E-state index contributed by atoms with van der Waals surface area (Å²) in [4.78, 5) is 0. The van der Waals surface area contributed by atoms with E-state index in [0.29, 0.717) is 17.8 Å². The third kappa shape index (κ3) is 4.57. The Kier molecular flexibility index (Phi) is 4.98. The maximum atomic E-state index is 12.0. The van der Waals surface area contributed by atoms with Gasteiger partial charge < -0.3 is 5.73 Å². The smallest absolute Gasteiger partial charge is 0.215 e. The highest BCUT2D eigenvalue weighted by molar-refractivity contribution is 7.88. The van der Waals surface area contributed by atoms with Gasteiger partial charge in [-0.05, 0) is 37.0 Å². The molecule has 7 heteroatoms. The molecular weight excluding hydrogens is 288 g/mol. The van der Waals surface area contributed by atoms with E-state index in [1.165, 1.54) is 0 Å². The Bertz CT molecular complexity index is 695. The standard InChI is InChI=1S/C14H20N4O2S/c1-11-12(9-16-18-11)6-4-8-17-21(19,20)10-13-5-2-3-7-14(13)15/h2-3,5,7,9,17H,4,6,8,10,15H2,1H3,(H,16,18). The quantitative estimate of drug-likeness (QED) is 0.531. The van der Waals surface area contributed by atoms with E-state index in [9.17, 15) is 8.42 Å². The molecule has 1 heterocycles. The molecule has 0 aliphatic carbocycles. The lowest BCUT2D eigenvalue weighted by atomic mass is 10.1. The van der Waals surface area contributed by atoms with Crippen LogP contribution in [0, 0.1) is 6.92 Å². The molecule has 0 saturated heterocycles. The summed E-state index contributed by atoms with van der Waals surface area (Å²) in [5.41, 5.74) is 9.01. The summed E-state index contributed by atoms with van der Waals surface area (Å²) < 4.78 is 26.6. The number of nitrogen functional groups attached to an aromatic ring is 1. The Balaban J connectivity index is 1.82. The number of sulfonamides is 1. The number of aromatic amines is 1. The first-order valence-electron chi connectivity index (χ1n) is 6.77. The molecule has 4 N–H and O–H groups in total. The fourth-order valence-corrected chi connectivity index (χ4v) is 3.29. The minimum absolute atomic E-state index is 0.0928. The number of anilines is 1. The number of nitrogens with two attached hydrogens (primary N) is 1. The highest BCUT2D eigenvalue weighted by atomic mass is 32.2. The summed E-state index contributed by atoms with van der Waals surface area (Å²) in [6, 6.07) is 6.99. The molecule has 0 spiro atoms. The second kappa shape index (κ2) is 6.73. The van der Waals surface area contributed by atoms with Crippen molar-refractivity contribution < 1.29 is 8.42 Å². The van der Waals surface area contributed by atoms with Gasteiger partial charge in [-0.15, -0.1) is 0 Å². The van der Waals surface area contributed by atoms with Crippen LogP contribution in [0.5, 0.6) is 0 Å². The van der Waals surface area contributed by atoms with Gasteiger partial charge in [-0.3, -0.25) is 5.10 Å². The van der Waals surface area contributed by atoms with Crippen LogP contribution in [0.25, 0.3) is 0 Å². The molecule has 0 atom stereocenters. The van der Waals surface area contributed by atoms with E-state index in [4.69, 9.17) is 5.73 Å². The second-order valence-electron chi connectivity index (χ2n) is 4.98. The molecule has 6 nitrogen and oxygen atoms in total. The molecule has 114 valence electrons. The number of rotatable bonds is 7. The van der Waals surface area contributed by atoms with Crippen molar-refractivity contribution in [3.63, 3.8) is 0 Å². The third-order valence-electron chi connectivity index (χ3n) is 3.28. The summed E-state index contributed by atoms with van der Waals surface area (Å²) in [6.45, 7) is 2.35. The molecule has 2 rings (SSSR count). The Hall–Kier alpha value is -1.86. The first kappa shape index (κ1) is 15.5. The molecule has 0 unspecified atom stereocenters. The van der Waals surface area contributed by atoms with Crippen LogP contribution in [0.4, 0.5) is 5.69 Å². The van der Waals surface area contributed by atoms with Crippen molar-refractivity contribution in [2.24, 2.45) is 0 Å². The topological polar surface area (TPSA) is 101 Å². The molecular formula is C14H20N4O2S. The van der Waals surface area contributed by atoms with Gasteiger partial charge in [0, 0.05) is 17.9 Å². The average molecular weight is 308 g/mol. The van der Waals surface area contributed by atoms with Gasteiger partial charge in [-0.25, -0.2) is 13.1 Å². The van der Waals surface area contributed by atoms with Gasteiger partial charge in [0.25, 0.3) is 0 Å². The predicted octanol–water partition coefficient (Wildman–Crippen LogP) is 1.35. The summed E-state index contributed by atoms with van der Waals surface area (Å²) in [5.74, 6) is -0.0928. The molecule has 0 aliphatic heterocycles. The monoisotopic (exact) mass is 308 g/mol. The van der Waals surface area contributed by atoms with Gasteiger partial charge in [0.2, 0.25) is 10.0 Å². The van der Waals surface area contributed by atoms with E-state index in [1.54, 1.807) is 30.5 Å². The lowest BCUT2D eigenvalue weighted by molar-refractivity contribution is 0.578. The zero-order valence-electron chi connectivity index (χ0n) is 12.0. The molecule has 2 aromatic rings. The number of aryl methyl sites for hydroxylation is 2. The van der Waals surface area contributed by atoms with Crippen LogP contribution in [0.1, 0.15) is 23.2 Å².